The van der Waals surface area contributed by atoms with Gasteiger partial charge in [0.1, 0.15) is 0 Å². The SMILES string of the molecule is Cc1cc(Br)cc(NC(=O)NCCCCCC(=O)O)c1. The summed E-state index contributed by atoms with van der Waals surface area (Å²) in [6.45, 7) is 2.49. The minimum Gasteiger partial charge on any atom is -0.481 e. The first kappa shape index (κ1) is 16.5. The molecule has 5 nitrogen and oxygen atoms in total. The zero-order valence-electron chi connectivity index (χ0n) is 11.4. The first-order valence-electron chi connectivity index (χ1n) is 6.51. The second-order valence-electron chi connectivity index (χ2n) is 4.60. The van der Waals surface area contributed by atoms with E-state index < -0.39 is 5.97 Å². The zero-order chi connectivity index (χ0) is 15.0. The Balaban J connectivity index is 2.21. The maximum atomic E-state index is 11.6. The van der Waals surface area contributed by atoms with Crippen molar-refractivity contribution in [2.24, 2.45) is 0 Å². The fourth-order valence-electron chi connectivity index (χ4n) is 1.76. The van der Waals surface area contributed by atoms with Gasteiger partial charge in [-0.3, -0.25) is 4.79 Å². The lowest BCUT2D eigenvalue weighted by molar-refractivity contribution is -0.137. The highest BCUT2D eigenvalue weighted by Crippen LogP contribution is 2.18. The van der Waals surface area contributed by atoms with E-state index in [1.165, 1.54) is 0 Å². The van der Waals surface area contributed by atoms with Gasteiger partial charge in [0.05, 0.1) is 0 Å². The summed E-state index contributed by atoms with van der Waals surface area (Å²) in [4.78, 5) is 22.0. The minimum atomic E-state index is -0.777. The molecule has 1 aromatic rings. The van der Waals surface area contributed by atoms with E-state index >= 15 is 0 Å². The maximum absolute atomic E-state index is 11.6. The van der Waals surface area contributed by atoms with Crippen LogP contribution in [0.4, 0.5) is 10.5 Å². The lowest BCUT2D eigenvalue weighted by atomic mass is 10.2. The number of halogens is 1. The largest absolute Gasteiger partial charge is 0.481 e. The molecule has 1 aromatic carbocycles. The summed E-state index contributed by atoms with van der Waals surface area (Å²) in [6.07, 6.45) is 2.40. The molecule has 3 N–H and O–H groups in total. The molecule has 0 aliphatic heterocycles. The van der Waals surface area contributed by atoms with Gasteiger partial charge in [0.15, 0.2) is 0 Å². The number of carbonyl (C=O) groups excluding carboxylic acids is 1. The van der Waals surface area contributed by atoms with Crippen molar-refractivity contribution in [1.82, 2.24) is 5.32 Å². The number of carboxylic acid groups (broad SMARTS) is 1. The standard InChI is InChI=1S/C14H19BrN2O3/c1-10-7-11(15)9-12(8-10)17-14(20)16-6-4-2-3-5-13(18)19/h7-9H,2-6H2,1H3,(H,18,19)(H2,16,17,20). The smallest absolute Gasteiger partial charge is 0.319 e. The number of hydrogen-bond acceptors (Lipinski definition) is 2. The van der Waals surface area contributed by atoms with Crippen LogP contribution in [0.15, 0.2) is 22.7 Å². The van der Waals surface area contributed by atoms with Crippen LogP contribution < -0.4 is 10.6 Å². The number of amides is 2. The summed E-state index contributed by atoms with van der Waals surface area (Å²) in [5.74, 6) is -0.777. The van der Waals surface area contributed by atoms with E-state index in [0.717, 1.165) is 28.6 Å². The molecule has 0 fully saturated rings. The predicted octanol–water partition coefficient (Wildman–Crippen LogP) is 3.52. The summed E-state index contributed by atoms with van der Waals surface area (Å²) in [5, 5.41) is 14.0. The average molecular weight is 343 g/mol. The lowest BCUT2D eigenvalue weighted by Crippen LogP contribution is -2.29. The van der Waals surface area contributed by atoms with E-state index in [9.17, 15) is 9.59 Å². The van der Waals surface area contributed by atoms with E-state index in [2.05, 4.69) is 26.6 Å². The van der Waals surface area contributed by atoms with Gasteiger partial charge in [-0.05, 0) is 43.5 Å². The molecule has 0 saturated carbocycles. The minimum absolute atomic E-state index is 0.184. The molecule has 0 aliphatic rings. The van der Waals surface area contributed by atoms with Crippen molar-refractivity contribution in [3.05, 3.63) is 28.2 Å². The zero-order valence-corrected chi connectivity index (χ0v) is 13.0. The van der Waals surface area contributed by atoms with Crippen LogP contribution >= 0.6 is 15.9 Å². The van der Waals surface area contributed by atoms with Crippen molar-refractivity contribution in [2.45, 2.75) is 32.6 Å². The predicted molar refractivity (Wildman–Crippen MR) is 82.0 cm³/mol. The quantitative estimate of drug-likeness (QED) is 0.663. The van der Waals surface area contributed by atoms with Crippen LogP contribution in [-0.2, 0) is 4.79 Å². The Morgan fingerprint density at radius 1 is 1.20 bits per heavy atom. The summed E-state index contributed by atoms with van der Waals surface area (Å²) in [5.41, 5.74) is 1.79. The number of anilines is 1. The van der Waals surface area contributed by atoms with Gasteiger partial charge in [-0.2, -0.15) is 0 Å². The molecule has 110 valence electrons. The number of benzene rings is 1. The number of carbonyl (C=O) groups is 2. The second kappa shape index (κ2) is 8.58. The number of hydrogen-bond donors (Lipinski definition) is 3. The van der Waals surface area contributed by atoms with Crippen molar-refractivity contribution < 1.29 is 14.7 Å². The number of rotatable bonds is 7. The topological polar surface area (TPSA) is 78.4 Å². The fourth-order valence-corrected chi connectivity index (χ4v) is 2.37. The molecule has 0 unspecified atom stereocenters. The molecule has 0 radical (unpaired) electrons. The van der Waals surface area contributed by atoms with E-state index in [0.29, 0.717) is 13.0 Å². The van der Waals surface area contributed by atoms with Crippen LogP contribution in [-0.4, -0.2) is 23.7 Å². The molecule has 0 heterocycles. The highest BCUT2D eigenvalue weighted by molar-refractivity contribution is 9.10. The number of urea groups is 1. The Morgan fingerprint density at radius 3 is 2.60 bits per heavy atom. The molecule has 2 amide bonds. The Bertz CT molecular complexity index is 457. The van der Waals surface area contributed by atoms with Gasteiger partial charge in [-0.15, -0.1) is 0 Å². The highest BCUT2D eigenvalue weighted by Gasteiger charge is 2.03. The van der Waals surface area contributed by atoms with Gasteiger partial charge in [-0.1, -0.05) is 22.4 Å². The van der Waals surface area contributed by atoms with Crippen LogP contribution in [0.2, 0.25) is 0 Å². The molecule has 0 atom stereocenters. The monoisotopic (exact) mass is 342 g/mol. The number of unbranched alkanes of at least 4 members (excludes halogenated alkanes) is 2. The van der Waals surface area contributed by atoms with Crippen molar-refractivity contribution >= 4 is 33.6 Å². The molecule has 0 bridgehead atoms. The van der Waals surface area contributed by atoms with E-state index in [1.54, 1.807) is 0 Å². The Hall–Kier alpha value is -1.56. The second-order valence-corrected chi connectivity index (χ2v) is 5.52. The van der Waals surface area contributed by atoms with E-state index in [1.807, 2.05) is 25.1 Å². The molecule has 0 spiro atoms. The first-order chi connectivity index (χ1) is 9.47. The van der Waals surface area contributed by atoms with Gasteiger partial charge in [0.2, 0.25) is 0 Å². The average Bonchev–Trinajstić information content (AvgIpc) is 2.31. The van der Waals surface area contributed by atoms with Crippen molar-refractivity contribution in [3.63, 3.8) is 0 Å². The van der Waals surface area contributed by atoms with E-state index in [-0.39, 0.29) is 12.5 Å². The Morgan fingerprint density at radius 2 is 1.95 bits per heavy atom. The highest BCUT2D eigenvalue weighted by atomic mass is 79.9. The van der Waals surface area contributed by atoms with Crippen LogP contribution in [0.25, 0.3) is 0 Å². The summed E-state index contributed by atoms with van der Waals surface area (Å²) >= 11 is 3.38. The third kappa shape index (κ3) is 7.13. The molecule has 20 heavy (non-hydrogen) atoms. The summed E-state index contributed by atoms with van der Waals surface area (Å²) in [7, 11) is 0. The van der Waals surface area contributed by atoms with Gasteiger partial charge < -0.3 is 15.7 Å². The van der Waals surface area contributed by atoms with Gasteiger partial charge in [0.25, 0.3) is 0 Å². The molecule has 1 rings (SSSR count). The maximum Gasteiger partial charge on any atom is 0.319 e. The number of aryl methyl sites for hydroxylation is 1. The fraction of sp³-hybridized carbons (Fsp3) is 0.429. The molecule has 6 heteroatoms. The van der Waals surface area contributed by atoms with Crippen molar-refractivity contribution in [2.75, 3.05) is 11.9 Å². The number of aliphatic carboxylic acids is 1. The van der Waals surface area contributed by atoms with E-state index in [4.69, 9.17) is 5.11 Å². The number of carboxylic acids is 1. The summed E-state index contributed by atoms with van der Waals surface area (Å²) < 4.78 is 0.918. The van der Waals surface area contributed by atoms with Gasteiger partial charge in [-0.25, -0.2) is 4.79 Å². The molecular weight excluding hydrogens is 324 g/mol. The van der Waals surface area contributed by atoms with Crippen molar-refractivity contribution in [3.8, 4) is 0 Å². The van der Waals surface area contributed by atoms with Crippen LogP contribution in [0.5, 0.6) is 0 Å². The van der Waals surface area contributed by atoms with Crippen LogP contribution in [0.3, 0.4) is 0 Å². The van der Waals surface area contributed by atoms with Gasteiger partial charge >= 0.3 is 12.0 Å². The van der Waals surface area contributed by atoms with Crippen LogP contribution in [0, 0.1) is 6.92 Å². The third-order valence-corrected chi connectivity index (χ3v) is 3.11. The molecular formula is C14H19BrN2O3. The Labute approximate surface area is 126 Å². The normalized spacial score (nSPS) is 10.1. The lowest BCUT2D eigenvalue weighted by Gasteiger charge is -2.08. The third-order valence-electron chi connectivity index (χ3n) is 2.65. The molecule has 0 saturated heterocycles. The van der Waals surface area contributed by atoms with Crippen LogP contribution in [0.1, 0.15) is 31.2 Å². The number of nitrogens with one attached hydrogen (secondary N) is 2. The molecule has 0 aromatic heterocycles. The molecule has 0 aliphatic carbocycles. The summed E-state index contributed by atoms with van der Waals surface area (Å²) in [6, 6.07) is 5.43. The Kier molecular flexibility index (Phi) is 7.08. The van der Waals surface area contributed by atoms with Crippen molar-refractivity contribution in [1.29, 1.82) is 0 Å². The van der Waals surface area contributed by atoms with Gasteiger partial charge in [0, 0.05) is 23.1 Å². The first-order valence-corrected chi connectivity index (χ1v) is 7.30.